The number of anilines is 3. The third-order valence-corrected chi connectivity index (χ3v) is 5.73. The molecule has 1 aliphatic rings. The Morgan fingerprint density at radius 1 is 1.12 bits per heavy atom. The molecule has 34 heavy (non-hydrogen) atoms. The molecule has 0 bridgehead atoms. The topological polar surface area (TPSA) is 85.2 Å². The van der Waals surface area contributed by atoms with Gasteiger partial charge in [-0.25, -0.2) is 14.4 Å². The van der Waals surface area contributed by atoms with Crippen LogP contribution in [0, 0.1) is 5.82 Å². The maximum Gasteiger partial charge on any atom is 0.255 e. The zero-order chi connectivity index (χ0) is 23.5. The van der Waals surface area contributed by atoms with Crippen LogP contribution in [0.5, 0.6) is 0 Å². The number of morpholine rings is 1. The number of aromatic nitrogens is 4. The van der Waals surface area contributed by atoms with Crippen LogP contribution in [0.25, 0.3) is 11.3 Å². The molecule has 1 aromatic carbocycles. The minimum atomic E-state index is -0.520. The van der Waals surface area contributed by atoms with Gasteiger partial charge in [0.2, 0.25) is 5.95 Å². The van der Waals surface area contributed by atoms with Crippen LogP contribution in [0.2, 0.25) is 0 Å². The number of nitrogens with one attached hydrogen (secondary N) is 1. The van der Waals surface area contributed by atoms with E-state index in [9.17, 15) is 9.18 Å². The van der Waals surface area contributed by atoms with Gasteiger partial charge in [-0.3, -0.25) is 14.3 Å². The lowest BCUT2D eigenvalue weighted by Crippen LogP contribution is -2.41. The molecule has 4 heterocycles. The fourth-order valence-corrected chi connectivity index (χ4v) is 3.93. The molecule has 5 rings (SSSR count). The maximum absolute atomic E-state index is 14.3. The molecule has 0 aliphatic carbocycles. The van der Waals surface area contributed by atoms with E-state index in [1.165, 1.54) is 22.9 Å². The summed E-state index contributed by atoms with van der Waals surface area (Å²) in [6.07, 6.45) is 4.14. The smallest absolute Gasteiger partial charge is 0.255 e. The van der Waals surface area contributed by atoms with Crippen molar-refractivity contribution >= 4 is 17.5 Å². The van der Waals surface area contributed by atoms with Crippen LogP contribution >= 0.6 is 0 Å². The summed E-state index contributed by atoms with van der Waals surface area (Å²) >= 11 is 0. The summed E-state index contributed by atoms with van der Waals surface area (Å²) in [6.45, 7) is 1.55. The van der Waals surface area contributed by atoms with E-state index in [0.717, 1.165) is 23.3 Å². The lowest BCUT2D eigenvalue weighted by atomic mass is 10.1. The molecule has 1 saturated heterocycles. The predicted molar refractivity (Wildman–Crippen MR) is 128 cm³/mol. The summed E-state index contributed by atoms with van der Waals surface area (Å²) in [5.41, 5.74) is 2.20. The highest BCUT2D eigenvalue weighted by molar-refractivity contribution is 5.60. The van der Waals surface area contributed by atoms with Gasteiger partial charge in [-0.1, -0.05) is 18.2 Å². The van der Waals surface area contributed by atoms with Gasteiger partial charge in [0.05, 0.1) is 25.0 Å². The van der Waals surface area contributed by atoms with Crippen LogP contribution in [0.15, 0.2) is 78.0 Å². The minimum absolute atomic E-state index is 0.198. The fraction of sp³-hybridized carbons (Fsp3) is 0.200. The van der Waals surface area contributed by atoms with Gasteiger partial charge in [-0.05, 0) is 35.9 Å². The molecule has 1 fully saturated rings. The minimum Gasteiger partial charge on any atom is -0.370 e. The molecule has 0 spiro atoms. The number of rotatable bonds is 5. The van der Waals surface area contributed by atoms with Gasteiger partial charge in [0.1, 0.15) is 11.9 Å². The Balaban J connectivity index is 1.37. The molecule has 1 N–H and O–H groups in total. The van der Waals surface area contributed by atoms with E-state index in [4.69, 9.17) is 4.74 Å². The Morgan fingerprint density at radius 3 is 2.74 bits per heavy atom. The second kappa shape index (κ2) is 9.40. The molecule has 172 valence electrons. The molecule has 0 unspecified atom stereocenters. The molecular formula is C25H23FN6O2. The van der Waals surface area contributed by atoms with Crippen molar-refractivity contribution < 1.29 is 9.13 Å². The van der Waals surface area contributed by atoms with E-state index in [-0.39, 0.29) is 22.9 Å². The van der Waals surface area contributed by atoms with Crippen LogP contribution in [0.1, 0.15) is 11.7 Å². The number of benzene rings is 1. The van der Waals surface area contributed by atoms with E-state index in [1.807, 2.05) is 47.4 Å². The molecule has 1 atom stereocenters. The molecule has 0 saturated carbocycles. The molecule has 3 aromatic heterocycles. The summed E-state index contributed by atoms with van der Waals surface area (Å²) < 4.78 is 21.8. The number of hydrogen-bond acceptors (Lipinski definition) is 7. The van der Waals surface area contributed by atoms with Crippen molar-refractivity contribution in [2.75, 3.05) is 29.9 Å². The highest BCUT2D eigenvalue weighted by Gasteiger charge is 2.25. The van der Waals surface area contributed by atoms with Crippen molar-refractivity contribution in [3.05, 3.63) is 94.9 Å². The highest BCUT2D eigenvalue weighted by Crippen LogP contribution is 2.28. The Kier molecular flexibility index (Phi) is 6.01. The Hall–Kier alpha value is -4.11. The summed E-state index contributed by atoms with van der Waals surface area (Å²) in [5.74, 6) is 0.724. The molecule has 8 nitrogen and oxygen atoms in total. The molecule has 0 amide bonds. The van der Waals surface area contributed by atoms with E-state index in [1.54, 1.807) is 13.2 Å². The van der Waals surface area contributed by atoms with Crippen molar-refractivity contribution in [3.8, 4) is 11.3 Å². The first-order chi connectivity index (χ1) is 16.6. The van der Waals surface area contributed by atoms with E-state index in [0.29, 0.717) is 25.6 Å². The third kappa shape index (κ3) is 4.51. The van der Waals surface area contributed by atoms with Gasteiger partial charge >= 0.3 is 0 Å². The quantitative estimate of drug-likeness (QED) is 0.488. The Labute approximate surface area is 195 Å². The maximum atomic E-state index is 14.3. The van der Waals surface area contributed by atoms with Crippen LogP contribution in [-0.2, 0) is 11.8 Å². The Bertz CT molecular complexity index is 1340. The first-order valence-electron chi connectivity index (χ1n) is 10.9. The van der Waals surface area contributed by atoms with E-state index < -0.39 is 5.82 Å². The second-order valence-corrected chi connectivity index (χ2v) is 7.96. The first kappa shape index (κ1) is 21.7. The normalized spacial score (nSPS) is 15.8. The molecule has 9 heteroatoms. The van der Waals surface area contributed by atoms with Crippen LogP contribution < -0.4 is 15.8 Å². The van der Waals surface area contributed by atoms with Gasteiger partial charge in [0.25, 0.3) is 5.56 Å². The van der Waals surface area contributed by atoms with Gasteiger partial charge in [0.15, 0.2) is 5.82 Å². The fourth-order valence-electron chi connectivity index (χ4n) is 3.93. The van der Waals surface area contributed by atoms with E-state index in [2.05, 4.69) is 20.3 Å². The summed E-state index contributed by atoms with van der Waals surface area (Å²) in [7, 11) is 1.67. The summed E-state index contributed by atoms with van der Waals surface area (Å²) in [4.78, 5) is 27.3. The standard InChI is InChI=1S/C25H23FN6O2/c1-31-24(33)14-21(19-9-11-27-15-20(19)26)30-25(31)32-12-13-34-22(16-32)17-5-7-18(8-6-17)29-23-4-2-3-10-28-23/h2-11,14-15,22H,12-13,16H2,1H3,(H,28,29)/t22-/m1/s1. The average Bonchev–Trinajstić information content (AvgIpc) is 2.87. The number of halogens is 1. The number of pyridine rings is 2. The van der Waals surface area contributed by atoms with Gasteiger partial charge in [-0.15, -0.1) is 0 Å². The molecular weight excluding hydrogens is 435 g/mol. The monoisotopic (exact) mass is 458 g/mol. The van der Waals surface area contributed by atoms with E-state index >= 15 is 0 Å². The third-order valence-electron chi connectivity index (χ3n) is 5.73. The zero-order valence-corrected chi connectivity index (χ0v) is 18.6. The number of nitrogens with zero attached hydrogens (tertiary/aromatic N) is 5. The lowest BCUT2D eigenvalue weighted by Gasteiger charge is -2.34. The lowest BCUT2D eigenvalue weighted by molar-refractivity contribution is 0.0390. The van der Waals surface area contributed by atoms with Crippen LogP contribution in [0.4, 0.5) is 21.8 Å². The molecule has 1 aliphatic heterocycles. The number of ether oxygens (including phenoxy) is 1. The van der Waals surface area contributed by atoms with Crippen molar-refractivity contribution in [2.45, 2.75) is 6.10 Å². The van der Waals surface area contributed by atoms with Gasteiger partial charge < -0.3 is 15.0 Å². The first-order valence-corrected chi connectivity index (χ1v) is 10.9. The zero-order valence-electron chi connectivity index (χ0n) is 18.6. The SMILES string of the molecule is Cn1c(N2CCO[C@@H](c3ccc(Nc4ccccn4)cc3)C2)nc(-c2ccncc2F)cc1=O. The van der Waals surface area contributed by atoms with Crippen molar-refractivity contribution in [3.63, 3.8) is 0 Å². The van der Waals surface area contributed by atoms with Crippen molar-refractivity contribution in [1.82, 2.24) is 19.5 Å². The average molecular weight is 458 g/mol. The number of hydrogen-bond donors (Lipinski definition) is 1. The summed E-state index contributed by atoms with van der Waals surface area (Å²) in [5, 5.41) is 3.26. The highest BCUT2D eigenvalue weighted by atomic mass is 19.1. The summed E-state index contributed by atoms with van der Waals surface area (Å²) in [6, 6.07) is 16.5. The molecule has 4 aromatic rings. The second-order valence-electron chi connectivity index (χ2n) is 7.96. The van der Waals surface area contributed by atoms with Crippen molar-refractivity contribution in [1.29, 1.82) is 0 Å². The van der Waals surface area contributed by atoms with Gasteiger partial charge in [0, 0.05) is 43.3 Å². The predicted octanol–water partition coefficient (Wildman–Crippen LogP) is 3.70. The van der Waals surface area contributed by atoms with Crippen LogP contribution in [-0.4, -0.2) is 39.2 Å². The Morgan fingerprint density at radius 2 is 1.97 bits per heavy atom. The van der Waals surface area contributed by atoms with Gasteiger partial charge in [-0.2, -0.15) is 0 Å². The van der Waals surface area contributed by atoms with Crippen molar-refractivity contribution in [2.24, 2.45) is 7.05 Å². The largest absolute Gasteiger partial charge is 0.370 e. The van der Waals surface area contributed by atoms with Crippen LogP contribution in [0.3, 0.4) is 0 Å². The molecule has 0 radical (unpaired) electrons.